The van der Waals surface area contributed by atoms with E-state index in [1.165, 1.54) is 11.3 Å². The lowest BCUT2D eigenvalue weighted by molar-refractivity contribution is -0.120. The fourth-order valence-corrected chi connectivity index (χ4v) is 3.75. The Labute approximate surface area is 132 Å². The van der Waals surface area contributed by atoms with Gasteiger partial charge in [-0.3, -0.25) is 9.69 Å². The smallest absolute Gasteiger partial charge is 0.228 e. The van der Waals surface area contributed by atoms with Crippen molar-refractivity contribution in [3.8, 4) is 0 Å². The molecule has 0 bridgehead atoms. The molecule has 0 spiro atoms. The Morgan fingerprint density at radius 2 is 2.05 bits per heavy atom. The first-order valence-corrected chi connectivity index (χ1v) is 7.97. The van der Waals surface area contributed by atoms with Crippen molar-refractivity contribution in [2.24, 2.45) is 10.9 Å². The summed E-state index contributed by atoms with van der Waals surface area (Å²) in [5.41, 5.74) is 6.76. The van der Waals surface area contributed by atoms with Crippen molar-refractivity contribution in [2.45, 2.75) is 25.3 Å². The van der Waals surface area contributed by atoms with Gasteiger partial charge in [-0.05, 0) is 30.5 Å². The monoisotopic (exact) mass is 315 g/mol. The van der Waals surface area contributed by atoms with Crippen molar-refractivity contribution >= 4 is 28.1 Å². The number of piperidine rings is 1. The second-order valence-electron chi connectivity index (χ2n) is 5.21. The van der Waals surface area contributed by atoms with Crippen molar-refractivity contribution in [1.29, 1.82) is 0 Å². The molecule has 1 amide bonds. The second kappa shape index (κ2) is 6.19. The molecule has 1 saturated heterocycles. The summed E-state index contributed by atoms with van der Waals surface area (Å²) in [6, 6.07) is 13.7. The summed E-state index contributed by atoms with van der Waals surface area (Å²) in [5, 5.41) is 12.6. The Hall–Kier alpha value is -2.34. The lowest BCUT2D eigenvalue weighted by Gasteiger charge is -2.35. The first-order valence-electron chi connectivity index (χ1n) is 7.15. The van der Waals surface area contributed by atoms with Gasteiger partial charge in [0.2, 0.25) is 5.91 Å². The molecule has 6 heteroatoms. The van der Waals surface area contributed by atoms with E-state index >= 15 is 0 Å². The zero-order chi connectivity index (χ0) is 15.5. The average molecular weight is 315 g/mol. The van der Waals surface area contributed by atoms with Gasteiger partial charge >= 0.3 is 0 Å². The molecule has 1 atom stereocenters. The molecule has 0 unspecified atom stereocenters. The molecule has 1 aromatic heterocycles. The highest BCUT2D eigenvalue weighted by Crippen LogP contribution is 2.38. The third-order valence-electron chi connectivity index (χ3n) is 3.82. The zero-order valence-corrected chi connectivity index (χ0v) is 12.8. The highest BCUT2D eigenvalue weighted by atomic mass is 32.1. The number of carbonyl (C=O) groups excluding carboxylic acids is 1. The normalized spacial score (nSPS) is 19.5. The Kier molecular flexibility index (Phi) is 4.11. The van der Waals surface area contributed by atoms with E-state index in [9.17, 15) is 4.79 Å². The first-order chi connectivity index (χ1) is 10.7. The van der Waals surface area contributed by atoms with Crippen LogP contribution in [0, 0.1) is 0 Å². The number of thiophene rings is 1. The lowest BCUT2D eigenvalue weighted by atomic mass is 9.95. The van der Waals surface area contributed by atoms with Crippen LogP contribution < -0.4 is 10.6 Å². The van der Waals surface area contributed by atoms with Crippen LogP contribution in [0.15, 0.2) is 47.6 Å². The molecule has 2 heterocycles. The highest BCUT2D eigenvalue weighted by molar-refractivity contribution is 7.18. The van der Waals surface area contributed by atoms with Gasteiger partial charge in [0.1, 0.15) is 0 Å². The SMILES string of the molecule is N/C(=N\O)c1ccc(N2C(=O)CCC[C@H]2c2ccccc2)s1. The van der Waals surface area contributed by atoms with Gasteiger partial charge in [-0.2, -0.15) is 0 Å². The Balaban J connectivity index is 1.97. The molecule has 1 aromatic carbocycles. The van der Waals surface area contributed by atoms with Crippen LogP contribution in [0.25, 0.3) is 0 Å². The number of nitrogens with zero attached hydrogens (tertiary/aromatic N) is 2. The highest BCUT2D eigenvalue weighted by Gasteiger charge is 2.31. The summed E-state index contributed by atoms with van der Waals surface area (Å²) in [7, 11) is 0. The summed E-state index contributed by atoms with van der Waals surface area (Å²) in [6.07, 6.45) is 2.39. The minimum atomic E-state index is 0.0428. The Morgan fingerprint density at radius 1 is 1.27 bits per heavy atom. The van der Waals surface area contributed by atoms with E-state index in [1.807, 2.05) is 41.3 Å². The minimum Gasteiger partial charge on any atom is -0.409 e. The topological polar surface area (TPSA) is 78.9 Å². The number of oxime groups is 1. The van der Waals surface area contributed by atoms with E-state index in [0.29, 0.717) is 11.3 Å². The average Bonchev–Trinajstić information content (AvgIpc) is 3.04. The fourth-order valence-electron chi connectivity index (χ4n) is 2.78. The van der Waals surface area contributed by atoms with Gasteiger partial charge in [0.25, 0.3) is 0 Å². The first kappa shape index (κ1) is 14.6. The van der Waals surface area contributed by atoms with Gasteiger partial charge in [0.05, 0.1) is 15.9 Å². The molecule has 114 valence electrons. The van der Waals surface area contributed by atoms with Gasteiger partial charge in [-0.15, -0.1) is 11.3 Å². The lowest BCUT2D eigenvalue weighted by Crippen LogP contribution is -2.37. The van der Waals surface area contributed by atoms with Gasteiger partial charge < -0.3 is 10.9 Å². The van der Waals surface area contributed by atoms with Crippen LogP contribution in [0.5, 0.6) is 0 Å². The van der Waals surface area contributed by atoms with Crippen molar-refractivity contribution in [2.75, 3.05) is 4.90 Å². The summed E-state index contributed by atoms with van der Waals surface area (Å²) < 4.78 is 0. The van der Waals surface area contributed by atoms with Crippen LogP contribution in [0.4, 0.5) is 5.00 Å². The van der Waals surface area contributed by atoms with E-state index in [-0.39, 0.29) is 17.8 Å². The maximum Gasteiger partial charge on any atom is 0.228 e. The predicted molar refractivity (Wildman–Crippen MR) is 87.3 cm³/mol. The van der Waals surface area contributed by atoms with Gasteiger partial charge in [-0.25, -0.2) is 0 Å². The second-order valence-corrected chi connectivity index (χ2v) is 6.27. The molecule has 1 aliphatic heterocycles. The molecular weight excluding hydrogens is 298 g/mol. The molecule has 22 heavy (non-hydrogen) atoms. The molecule has 3 rings (SSSR count). The van der Waals surface area contributed by atoms with Crippen molar-refractivity contribution in [3.05, 3.63) is 52.9 Å². The molecule has 1 fully saturated rings. The van der Waals surface area contributed by atoms with E-state index in [1.54, 1.807) is 6.07 Å². The van der Waals surface area contributed by atoms with E-state index in [2.05, 4.69) is 5.16 Å². The number of nitrogens with two attached hydrogens (primary N) is 1. The number of benzene rings is 1. The largest absolute Gasteiger partial charge is 0.409 e. The molecule has 5 nitrogen and oxygen atoms in total. The van der Waals surface area contributed by atoms with Crippen LogP contribution in [0.3, 0.4) is 0 Å². The minimum absolute atomic E-state index is 0.0428. The standard InChI is InChI=1S/C16H17N3O2S/c17-16(18-21)13-9-10-15(22-13)19-12(7-4-8-14(19)20)11-5-2-1-3-6-11/h1-3,5-6,9-10,12,21H,4,7-8H2,(H2,17,18)/t12-/m0/s1. The third kappa shape index (κ3) is 2.69. The number of carbonyl (C=O) groups is 1. The molecule has 0 radical (unpaired) electrons. The van der Waals surface area contributed by atoms with Gasteiger partial charge in [0.15, 0.2) is 5.84 Å². The van der Waals surface area contributed by atoms with E-state index in [4.69, 9.17) is 10.9 Å². The quantitative estimate of drug-likeness (QED) is 0.395. The summed E-state index contributed by atoms with van der Waals surface area (Å²) in [6.45, 7) is 0. The molecule has 2 aromatic rings. The summed E-state index contributed by atoms with van der Waals surface area (Å²) in [5.74, 6) is 0.185. The number of hydrogen-bond donors (Lipinski definition) is 2. The Bertz CT molecular complexity index is 696. The van der Waals surface area contributed by atoms with E-state index < -0.39 is 0 Å². The van der Waals surface area contributed by atoms with E-state index in [0.717, 1.165) is 23.4 Å². The predicted octanol–water partition coefficient (Wildman–Crippen LogP) is 3.10. The van der Waals surface area contributed by atoms with Crippen LogP contribution in [-0.2, 0) is 4.79 Å². The summed E-state index contributed by atoms with van der Waals surface area (Å²) in [4.78, 5) is 14.9. The van der Waals surface area contributed by atoms with Gasteiger partial charge in [-0.1, -0.05) is 35.5 Å². The van der Waals surface area contributed by atoms with Crippen LogP contribution >= 0.6 is 11.3 Å². The summed E-state index contributed by atoms with van der Waals surface area (Å²) >= 11 is 1.36. The maximum absolute atomic E-state index is 12.4. The maximum atomic E-state index is 12.4. The Morgan fingerprint density at radius 3 is 2.77 bits per heavy atom. The molecule has 3 N–H and O–H groups in total. The van der Waals surface area contributed by atoms with Gasteiger partial charge in [0, 0.05) is 6.42 Å². The number of anilines is 1. The van der Waals surface area contributed by atoms with Crippen LogP contribution in [0.2, 0.25) is 0 Å². The molecule has 0 saturated carbocycles. The number of amides is 1. The van der Waals surface area contributed by atoms with Crippen molar-refractivity contribution in [1.82, 2.24) is 0 Å². The van der Waals surface area contributed by atoms with Crippen molar-refractivity contribution in [3.63, 3.8) is 0 Å². The number of rotatable bonds is 3. The van der Waals surface area contributed by atoms with Crippen LogP contribution in [-0.4, -0.2) is 17.0 Å². The number of hydrogen-bond acceptors (Lipinski definition) is 4. The van der Waals surface area contributed by atoms with Crippen LogP contribution in [0.1, 0.15) is 35.7 Å². The number of amidine groups is 1. The molecular formula is C16H17N3O2S. The zero-order valence-electron chi connectivity index (χ0n) is 12.0. The molecule has 1 aliphatic rings. The third-order valence-corrected chi connectivity index (χ3v) is 4.93. The fraction of sp³-hybridized carbons (Fsp3) is 0.250. The van der Waals surface area contributed by atoms with Crippen molar-refractivity contribution < 1.29 is 10.0 Å². The molecule has 0 aliphatic carbocycles.